The van der Waals surface area contributed by atoms with E-state index in [2.05, 4.69) is 5.92 Å². The van der Waals surface area contributed by atoms with E-state index in [4.69, 9.17) is 25.4 Å². The zero-order valence-corrected chi connectivity index (χ0v) is 14.1. The summed E-state index contributed by atoms with van der Waals surface area (Å²) >= 11 is 0. The van der Waals surface area contributed by atoms with Crippen LogP contribution in [0.3, 0.4) is 0 Å². The number of esters is 1. The lowest BCUT2D eigenvalue weighted by Crippen LogP contribution is -2.13. The summed E-state index contributed by atoms with van der Waals surface area (Å²) < 4.78 is 21.2. The molecule has 0 heterocycles. The van der Waals surface area contributed by atoms with Crippen LogP contribution in [0.5, 0.6) is 0 Å². The second kappa shape index (κ2) is 14.7. The number of rotatable bonds is 14. The van der Waals surface area contributed by atoms with Crippen molar-refractivity contribution in [3.05, 3.63) is 35.9 Å². The first-order valence-corrected chi connectivity index (χ1v) is 8.19. The molecule has 0 aromatic heterocycles. The summed E-state index contributed by atoms with van der Waals surface area (Å²) in [5, 5.41) is 0. The SMILES string of the molecule is C#CCCC(=O)OCCOCCOCCCOCc1ccccc1. The lowest BCUT2D eigenvalue weighted by Gasteiger charge is -2.07. The van der Waals surface area contributed by atoms with Crippen molar-refractivity contribution < 1.29 is 23.7 Å². The predicted molar refractivity (Wildman–Crippen MR) is 91.4 cm³/mol. The number of ether oxygens (including phenoxy) is 4. The molecule has 132 valence electrons. The first-order chi connectivity index (χ1) is 11.8. The van der Waals surface area contributed by atoms with Gasteiger partial charge >= 0.3 is 5.97 Å². The fourth-order valence-corrected chi connectivity index (χ4v) is 1.81. The van der Waals surface area contributed by atoms with Crippen LogP contribution in [0.15, 0.2) is 30.3 Å². The van der Waals surface area contributed by atoms with E-state index in [1.165, 1.54) is 5.56 Å². The van der Waals surface area contributed by atoms with Crippen LogP contribution >= 0.6 is 0 Å². The lowest BCUT2D eigenvalue weighted by atomic mass is 10.2. The maximum absolute atomic E-state index is 11.1. The van der Waals surface area contributed by atoms with Gasteiger partial charge in [-0.1, -0.05) is 30.3 Å². The van der Waals surface area contributed by atoms with E-state index >= 15 is 0 Å². The summed E-state index contributed by atoms with van der Waals surface area (Å²) in [6, 6.07) is 10.1. The fourth-order valence-electron chi connectivity index (χ4n) is 1.81. The van der Waals surface area contributed by atoms with Crippen LogP contribution in [0, 0.1) is 12.3 Å². The molecule has 0 radical (unpaired) electrons. The molecule has 0 aliphatic heterocycles. The topological polar surface area (TPSA) is 54.0 Å². The van der Waals surface area contributed by atoms with Crippen molar-refractivity contribution >= 4 is 5.97 Å². The average molecular weight is 334 g/mol. The first-order valence-electron chi connectivity index (χ1n) is 8.19. The summed E-state index contributed by atoms with van der Waals surface area (Å²) in [7, 11) is 0. The maximum atomic E-state index is 11.1. The molecular formula is C19H26O5. The van der Waals surface area contributed by atoms with E-state index in [1.807, 2.05) is 30.3 Å². The molecule has 1 aromatic rings. The van der Waals surface area contributed by atoms with Gasteiger partial charge in [0.25, 0.3) is 0 Å². The molecule has 0 bridgehead atoms. The van der Waals surface area contributed by atoms with E-state index < -0.39 is 0 Å². The van der Waals surface area contributed by atoms with E-state index in [9.17, 15) is 4.79 Å². The summed E-state index contributed by atoms with van der Waals surface area (Å²) in [5.41, 5.74) is 1.17. The van der Waals surface area contributed by atoms with Crippen molar-refractivity contribution in [2.75, 3.05) is 39.6 Å². The van der Waals surface area contributed by atoms with E-state index in [-0.39, 0.29) is 19.0 Å². The van der Waals surface area contributed by atoms with E-state index in [0.29, 0.717) is 46.1 Å². The van der Waals surface area contributed by atoms with Crippen LogP contribution in [-0.2, 0) is 30.3 Å². The Labute approximate surface area is 144 Å². The minimum absolute atomic E-state index is 0.247. The molecule has 1 rings (SSSR count). The molecule has 0 fully saturated rings. The lowest BCUT2D eigenvalue weighted by molar-refractivity contribution is -0.145. The van der Waals surface area contributed by atoms with Gasteiger partial charge < -0.3 is 18.9 Å². The number of hydrogen-bond donors (Lipinski definition) is 0. The quantitative estimate of drug-likeness (QED) is 0.297. The van der Waals surface area contributed by atoms with Crippen LogP contribution < -0.4 is 0 Å². The minimum Gasteiger partial charge on any atom is -0.463 e. The average Bonchev–Trinajstić information content (AvgIpc) is 2.61. The first kappa shape index (κ1) is 20.2. The molecular weight excluding hydrogens is 308 g/mol. The molecule has 5 nitrogen and oxygen atoms in total. The zero-order valence-electron chi connectivity index (χ0n) is 14.1. The molecule has 0 saturated heterocycles. The third-order valence-corrected chi connectivity index (χ3v) is 3.03. The van der Waals surface area contributed by atoms with Gasteiger partial charge in [-0.25, -0.2) is 0 Å². The van der Waals surface area contributed by atoms with Crippen molar-refractivity contribution in [1.82, 2.24) is 0 Å². The van der Waals surface area contributed by atoms with Gasteiger partial charge in [-0.3, -0.25) is 4.79 Å². The highest BCUT2D eigenvalue weighted by Crippen LogP contribution is 2.00. The Bertz CT molecular complexity index is 466. The minimum atomic E-state index is -0.289. The monoisotopic (exact) mass is 334 g/mol. The highest BCUT2D eigenvalue weighted by molar-refractivity contribution is 5.69. The summed E-state index contributed by atoms with van der Waals surface area (Å²) in [4.78, 5) is 11.1. The standard InChI is InChI=1S/C19H26O5/c1-2-3-10-19(20)24-16-15-22-14-13-21-11-7-12-23-17-18-8-5-4-6-9-18/h1,4-6,8-9H,3,7,10-17H2. The Hall–Kier alpha value is -1.87. The molecule has 24 heavy (non-hydrogen) atoms. The number of benzene rings is 1. The Balaban J connectivity index is 1.78. The predicted octanol–water partition coefficient (Wildman–Crippen LogP) is 2.58. The van der Waals surface area contributed by atoms with Gasteiger partial charge in [0.05, 0.1) is 32.8 Å². The van der Waals surface area contributed by atoms with Gasteiger partial charge in [0.2, 0.25) is 0 Å². The Morgan fingerprint density at radius 1 is 0.917 bits per heavy atom. The zero-order chi connectivity index (χ0) is 17.3. The molecule has 0 aliphatic carbocycles. The Kier molecular flexibility index (Phi) is 12.4. The Morgan fingerprint density at radius 3 is 2.33 bits per heavy atom. The number of hydrogen-bond acceptors (Lipinski definition) is 5. The molecule has 0 N–H and O–H groups in total. The van der Waals surface area contributed by atoms with Crippen LogP contribution in [0.2, 0.25) is 0 Å². The maximum Gasteiger partial charge on any atom is 0.306 e. The Morgan fingerprint density at radius 2 is 1.58 bits per heavy atom. The normalized spacial score (nSPS) is 10.3. The smallest absolute Gasteiger partial charge is 0.306 e. The highest BCUT2D eigenvalue weighted by atomic mass is 16.6. The molecule has 0 amide bonds. The van der Waals surface area contributed by atoms with E-state index in [0.717, 1.165) is 6.42 Å². The second-order valence-electron chi connectivity index (χ2n) is 5.04. The third-order valence-electron chi connectivity index (χ3n) is 3.03. The summed E-state index contributed by atoms with van der Waals surface area (Å²) in [6.45, 7) is 3.55. The van der Waals surface area contributed by atoms with Crippen LogP contribution in [-0.4, -0.2) is 45.6 Å². The van der Waals surface area contributed by atoms with Crippen molar-refractivity contribution in [2.24, 2.45) is 0 Å². The van der Waals surface area contributed by atoms with Gasteiger partial charge in [0.1, 0.15) is 6.61 Å². The van der Waals surface area contributed by atoms with Gasteiger partial charge in [0.15, 0.2) is 0 Å². The van der Waals surface area contributed by atoms with E-state index in [1.54, 1.807) is 0 Å². The van der Waals surface area contributed by atoms with Crippen molar-refractivity contribution in [2.45, 2.75) is 25.9 Å². The van der Waals surface area contributed by atoms with Crippen LogP contribution in [0.4, 0.5) is 0 Å². The fraction of sp³-hybridized carbons (Fsp3) is 0.526. The van der Waals surface area contributed by atoms with Gasteiger partial charge in [-0.2, -0.15) is 0 Å². The molecule has 1 aromatic carbocycles. The van der Waals surface area contributed by atoms with Crippen LogP contribution in [0.25, 0.3) is 0 Å². The summed E-state index contributed by atoms with van der Waals surface area (Å²) in [6.07, 6.45) is 6.57. The van der Waals surface area contributed by atoms with Crippen molar-refractivity contribution in [3.8, 4) is 12.3 Å². The van der Waals surface area contributed by atoms with Crippen LogP contribution in [0.1, 0.15) is 24.8 Å². The molecule has 0 aliphatic rings. The molecule has 0 unspecified atom stereocenters. The molecule has 0 spiro atoms. The van der Waals surface area contributed by atoms with Crippen molar-refractivity contribution in [1.29, 1.82) is 0 Å². The van der Waals surface area contributed by atoms with Gasteiger partial charge in [-0.05, 0) is 12.0 Å². The highest BCUT2D eigenvalue weighted by Gasteiger charge is 2.00. The number of carbonyl (C=O) groups is 1. The van der Waals surface area contributed by atoms with Gasteiger partial charge in [-0.15, -0.1) is 12.3 Å². The van der Waals surface area contributed by atoms with Gasteiger partial charge in [0, 0.05) is 19.6 Å². The summed E-state index contributed by atoms with van der Waals surface area (Å²) in [5.74, 6) is 2.10. The number of carbonyl (C=O) groups excluding carboxylic acids is 1. The largest absolute Gasteiger partial charge is 0.463 e. The molecule has 0 saturated carbocycles. The third kappa shape index (κ3) is 11.7. The second-order valence-corrected chi connectivity index (χ2v) is 5.04. The number of terminal acetylenes is 1. The van der Waals surface area contributed by atoms with Crippen molar-refractivity contribution in [3.63, 3.8) is 0 Å². The molecule has 5 heteroatoms. The molecule has 0 atom stereocenters.